The average Bonchev–Trinajstić information content (AvgIpc) is 3.50. The van der Waals surface area contributed by atoms with Crippen LogP contribution in [0.15, 0.2) is 72.6 Å². The highest BCUT2D eigenvalue weighted by Crippen LogP contribution is 2.56. The maximum absolute atomic E-state index is 13.2. The SMILES string of the molecule is COc1ccc([C@]23C/C(=C/O)C(=O)[C@@H](C)[C@@H]2CCc2c(-c4ccc(-c5ccn[nH]5)cc4)nc(C)nc23)cc1. The van der Waals surface area contributed by atoms with Gasteiger partial charge in [-0.2, -0.15) is 5.10 Å². The number of nitrogens with one attached hydrogen (secondary N) is 1. The van der Waals surface area contributed by atoms with Crippen molar-refractivity contribution in [1.82, 2.24) is 20.2 Å². The van der Waals surface area contributed by atoms with Crippen LogP contribution >= 0.6 is 0 Å². The monoisotopic (exact) mass is 506 g/mol. The molecule has 0 saturated heterocycles. The number of ketones is 1. The molecule has 0 unspecified atom stereocenters. The third-order valence-corrected chi connectivity index (χ3v) is 8.41. The Balaban J connectivity index is 1.56. The molecule has 38 heavy (non-hydrogen) atoms. The minimum atomic E-state index is -0.569. The fraction of sp³-hybridized carbons (Fsp3) is 0.290. The standard InChI is InChI=1S/C31H30N4O3/c1-18-26-13-12-25-28(21-6-4-20(5-7-21)27-14-15-32-35-27)33-19(2)34-30(25)31(26,16-22(17-36)29(18)37)23-8-10-24(38-3)11-9-23/h4-11,14-15,17-18,26,36H,12-13,16H2,1-3H3,(H,32,35)/b22-17-/t18-,26-,31+/m0/s1. The fourth-order valence-corrected chi connectivity index (χ4v) is 6.59. The van der Waals surface area contributed by atoms with E-state index in [0.717, 1.165) is 64.2 Å². The van der Waals surface area contributed by atoms with Gasteiger partial charge in [-0.15, -0.1) is 0 Å². The van der Waals surface area contributed by atoms with Gasteiger partial charge in [0.25, 0.3) is 0 Å². The van der Waals surface area contributed by atoms with Gasteiger partial charge in [0.1, 0.15) is 11.6 Å². The Labute approximate surface area is 221 Å². The number of carbonyl (C=O) groups is 1. The molecule has 0 aliphatic heterocycles. The number of fused-ring (bicyclic) bond motifs is 3. The predicted molar refractivity (Wildman–Crippen MR) is 145 cm³/mol. The van der Waals surface area contributed by atoms with E-state index in [1.807, 2.05) is 32.0 Å². The van der Waals surface area contributed by atoms with Crippen molar-refractivity contribution in [3.63, 3.8) is 0 Å². The van der Waals surface area contributed by atoms with Gasteiger partial charge in [0.05, 0.1) is 30.5 Å². The second kappa shape index (κ2) is 9.24. The van der Waals surface area contributed by atoms with Crippen LogP contribution in [-0.2, 0) is 16.6 Å². The fourth-order valence-electron chi connectivity index (χ4n) is 6.59. The number of H-pyrrole nitrogens is 1. The average molecular weight is 507 g/mol. The van der Waals surface area contributed by atoms with E-state index in [0.29, 0.717) is 17.8 Å². The number of rotatable bonds is 4. The Morgan fingerprint density at radius 2 is 1.79 bits per heavy atom. The molecule has 2 aliphatic carbocycles. The summed E-state index contributed by atoms with van der Waals surface area (Å²) >= 11 is 0. The van der Waals surface area contributed by atoms with Gasteiger partial charge in [-0.3, -0.25) is 9.89 Å². The first-order valence-corrected chi connectivity index (χ1v) is 13.0. The molecule has 7 heteroatoms. The smallest absolute Gasteiger partial charge is 0.165 e. The van der Waals surface area contributed by atoms with Gasteiger partial charge in [0.2, 0.25) is 0 Å². The first-order chi connectivity index (χ1) is 18.5. The predicted octanol–water partition coefficient (Wildman–Crippen LogP) is 5.75. The van der Waals surface area contributed by atoms with Crippen LogP contribution in [0.1, 0.15) is 42.4 Å². The van der Waals surface area contributed by atoms with E-state index >= 15 is 0 Å². The van der Waals surface area contributed by atoms with Gasteiger partial charge in [0, 0.05) is 34.2 Å². The zero-order valence-electron chi connectivity index (χ0n) is 21.7. The van der Waals surface area contributed by atoms with E-state index in [9.17, 15) is 9.90 Å². The number of aliphatic hydroxyl groups is 1. The number of methoxy groups -OCH3 is 1. The second-order valence-corrected chi connectivity index (χ2v) is 10.3. The van der Waals surface area contributed by atoms with Crippen molar-refractivity contribution in [3.8, 4) is 28.3 Å². The molecule has 192 valence electrons. The Morgan fingerprint density at radius 3 is 2.45 bits per heavy atom. The maximum Gasteiger partial charge on any atom is 0.165 e. The number of hydrogen-bond acceptors (Lipinski definition) is 6. The molecule has 4 aromatic rings. The lowest BCUT2D eigenvalue weighted by molar-refractivity contribution is -0.123. The first kappa shape index (κ1) is 24.1. The highest BCUT2D eigenvalue weighted by Gasteiger charge is 2.55. The number of ether oxygens (including phenoxy) is 1. The molecule has 3 atom stereocenters. The topological polar surface area (TPSA) is 101 Å². The molecular weight excluding hydrogens is 476 g/mol. The number of nitrogens with zero attached hydrogens (tertiary/aromatic N) is 3. The van der Waals surface area contributed by atoms with Crippen LogP contribution < -0.4 is 4.74 Å². The molecule has 2 aromatic heterocycles. The lowest BCUT2D eigenvalue weighted by Gasteiger charge is -2.51. The molecule has 7 nitrogen and oxygen atoms in total. The van der Waals surface area contributed by atoms with Crippen LogP contribution in [0.2, 0.25) is 0 Å². The minimum absolute atomic E-state index is 0.0190. The number of aromatic nitrogens is 4. The van der Waals surface area contributed by atoms with E-state index in [4.69, 9.17) is 14.7 Å². The molecule has 2 N–H and O–H groups in total. The van der Waals surface area contributed by atoms with Gasteiger partial charge in [-0.05, 0) is 61.4 Å². The van der Waals surface area contributed by atoms with Crippen LogP contribution in [0.3, 0.4) is 0 Å². The van der Waals surface area contributed by atoms with Gasteiger partial charge >= 0.3 is 0 Å². The lowest BCUT2D eigenvalue weighted by atomic mass is 9.52. The number of carbonyl (C=O) groups excluding carboxylic acids is 1. The molecule has 2 aliphatic rings. The third-order valence-electron chi connectivity index (χ3n) is 8.41. The summed E-state index contributed by atoms with van der Waals surface area (Å²) < 4.78 is 5.44. The van der Waals surface area contributed by atoms with Crippen LogP contribution in [0, 0.1) is 18.8 Å². The molecule has 0 amide bonds. The van der Waals surface area contributed by atoms with Crippen molar-refractivity contribution in [3.05, 3.63) is 95.3 Å². The molecule has 0 bridgehead atoms. The van der Waals surface area contributed by atoms with E-state index in [1.165, 1.54) is 0 Å². The Morgan fingerprint density at radius 1 is 1.05 bits per heavy atom. The van der Waals surface area contributed by atoms with Crippen molar-refractivity contribution >= 4 is 5.78 Å². The van der Waals surface area contributed by atoms with E-state index in [1.54, 1.807) is 13.3 Å². The summed E-state index contributed by atoms with van der Waals surface area (Å²) in [4.78, 5) is 23.2. The Kier molecular flexibility index (Phi) is 5.86. The molecule has 0 radical (unpaired) electrons. The van der Waals surface area contributed by atoms with Crippen LogP contribution in [0.25, 0.3) is 22.5 Å². The summed E-state index contributed by atoms with van der Waals surface area (Å²) in [7, 11) is 1.65. The van der Waals surface area contributed by atoms with Crippen molar-refractivity contribution in [1.29, 1.82) is 0 Å². The molecular formula is C31H30N4O3. The number of Topliss-reactive ketones (excluding diaryl/α,β-unsaturated/α-hetero) is 1. The quantitative estimate of drug-likeness (QED) is 0.270. The molecule has 2 aromatic carbocycles. The number of aromatic amines is 1. The third kappa shape index (κ3) is 3.64. The molecule has 2 heterocycles. The van der Waals surface area contributed by atoms with E-state index < -0.39 is 5.41 Å². The molecule has 1 fully saturated rings. The lowest BCUT2D eigenvalue weighted by Crippen LogP contribution is -2.51. The second-order valence-electron chi connectivity index (χ2n) is 10.3. The number of aryl methyl sites for hydroxylation is 1. The summed E-state index contributed by atoms with van der Waals surface area (Å²) in [5, 5.41) is 17.2. The Bertz CT molecular complexity index is 1520. The van der Waals surface area contributed by atoms with Crippen LogP contribution in [0.4, 0.5) is 0 Å². The largest absolute Gasteiger partial charge is 0.515 e. The number of hydrogen-bond donors (Lipinski definition) is 2. The molecule has 6 rings (SSSR count). The zero-order chi connectivity index (χ0) is 26.4. The van der Waals surface area contributed by atoms with Crippen molar-refractivity contribution < 1.29 is 14.6 Å². The van der Waals surface area contributed by atoms with Crippen molar-refractivity contribution in [2.75, 3.05) is 7.11 Å². The van der Waals surface area contributed by atoms with Crippen LogP contribution in [0.5, 0.6) is 5.75 Å². The van der Waals surface area contributed by atoms with E-state index in [-0.39, 0.29) is 17.6 Å². The van der Waals surface area contributed by atoms with E-state index in [2.05, 4.69) is 46.6 Å². The Hall–Kier alpha value is -4.26. The molecule has 0 spiro atoms. The summed E-state index contributed by atoms with van der Waals surface area (Å²) in [6.07, 6.45) is 4.75. The van der Waals surface area contributed by atoms with Gasteiger partial charge in [0.15, 0.2) is 5.78 Å². The summed E-state index contributed by atoms with van der Waals surface area (Å²) in [6.45, 7) is 3.91. The zero-order valence-corrected chi connectivity index (χ0v) is 21.7. The highest BCUT2D eigenvalue weighted by atomic mass is 16.5. The van der Waals surface area contributed by atoms with Crippen LogP contribution in [-0.4, -0.2) is 38.2 Å². The number of benzene rings is 2. The van der Waals surface area contributed by atoms with Gasteiger partial charge in [-0.25, -0.2) is 9.97 Å². The van der Waals surface area contributed by atoms with Crippen molar-refractivity contribution in [2.24, 2.45) is 11.8 Å². The summed E-state index contributed by atoms with van der Waals surface area (Å²) in [5.41, 5.74) is 6.97. The number of aliphatic hydroxyl groups excluding tert-OH is 1. The summed E-state index contributed by atoms with van der Waals surface area (Å²) in [5.74, 6) is 1.27. The normalized spacial score (nSPS) is 23.7. The van der Waals surface area contributed by atoms with Crippen molar-refractivity contribution in [2.45, 2.75) is 38.5 Å². The highest BCUT2D eigenvalue weighted by molar-refractivity contribution is 5.98. The number of allylic oxidation sites excluding steroid dienone is 1. The first-order valence-electron chi connectivity index (χ1n) is 13.0. The summed E-state index contributed by atoms with van der Waals surface area (Å²) in [6, 6.07) is 18.4. The van der Waals surface area contributed by atoms with Gasteiger partial charge < -0.3 is 9.84 Å². The maximum atomic E-state index is 13.2. The molecule has 1 saturated carbocycles. The van der Waals surface area contributed by atoms with Gasteiger partial charge in [-0.1, -0.05) is 43.3 Å². The minimum Gasteiger partial charge on any atom is -0.515 e.